The first-order chi connectivity index (χ1) is 9.08. The monoisotopic (exact) mass is 257 g/mol. The van der Waals surface area contributed by atoms with Gasteiger partial charge in [-0.15, -0.1) is 0 Å². The van der Waals surface area contributed by atoms with Crippen LogP contribution in [0.1, 0.15) is 49.5 Å². The highest BCUT2D eigenvalue weighted by molar-refractivity contribution is 5.28. The summed E-state index contributed by atoms with van der Waals surface area (Å²) in [7, 11) is 0. The molecule has 0 fully saturated rings. The van der Waals surface area contributed by atoms with Gasteiger partial charge in [0.15, 0.2) is 0 Å². The molecular formula is C16H23N3. The first-order valence-corrected chi connectivity index (χ1v) is 6.90. The molecular weight excluding hydrogens is 234 g/mol. The molecule has 0 aliphatic rings. The van der Waals surface area contributed by atoms with Crippen LogP contribution in [-0.2, 0) is 6.54 Å². The Kier molecular flexibility index (Phi) is 4.38. The van der Waals surface area contributed by atoms with E-state index in [1.54, 1.807) is 0 Å². The zero-order valence-corrected chi connectivity index (χ0v) is 12.2. The fraction of sp³-hybridized carbons (Fsp3) is 0.438. The largest absolute Gasteiger partial charge is 0.306 e. The minimum absolute atomic E-state index is 0.351. The van der Waals surface area contributed by atoms with E-state index in [1.165, 1.54) is 16.7 Å². The van der Waals surface area contributed by atoms with E-state index in [2.05, 4.69) is 68.6 Å². The number of aryl methyl sites for hydroxylation is 1. The summed E-state index contributed by atoms with van der Waals surface area (Å²) in [6.07, 6.45) is 4.06. The molecule has 0 aliphatic heterocycles. The van der Waals surface area contributed by atoms with E-state index >= 15 is 0 Å². The van der Waals surface area contributed by atoms with Gasteiger partial charge in [0.1, 0.15) is 0 Å². The van der Waals surface area contributed by atoms with Gasteiger partial charge in [0, 0.05) is 30.4 Å². The van der Waals surface area contributed by atoms with E-state index in [9.17, 15) is 0 Å². The normalized spacial score (nSPS) is 12.9. The van der Waals surface area contributed by atoms with Gasteiger partial charge in [0.2, 0.25) is 0 Å². The van der Waals surface area contributed by atoms with Crippen molar-refractivity contribution < 1.29 is 0 Å². The van der Waals surface area contributed by atoms with Gasteiger partial charge in [-0.25, -0.2) is 0 Å². The molecule has 19 heavy (non-hydrogen) atoms. The second-order valence-corrected chi connectivity index (χ2v) is 5.38. The lowest BCUT2D eigenvalue weighted by molar-refractivity contribution is 0.530. The number of nitrogens with one attached hydrogen (secondary N) is 1. The molecule has 0 bridgehead atoms. The summed E-state index contributed by atoms with van der Waals surface area (Å²) in [5.74, 6) is 0. The lowest BCUT2D eigenvalue weighted by Crippen LogP contribution is -2.18. The van der Waals surface area contributed by atoms with E-state index in [1.807, 2.05) is 10.9 Å². The fourth-order valence-corrected chi connectivity index (χ4v) is 2.20. The van der Waals surface area contributed by atoms with Gasteiger partial charge in [-0.2, -0.15) is 5.10 Å². The molecule has 0 spiro atoms. The molecule has 1 aromatic heterocycles. The van der Waals surface area contributed by atoms with Crippen LogP contribution in [0.5, 0.6) is 0 Å². The molecule has 0 radical (unpaired) electrons. The molecule has 2 aromatic rings. The quantitative estimate of drug-likeness (QED) is 0.886. The maximum absolute atomic E-state index is 4.36. The average Bonchev–Trinajstić information content (AvgIpc) is 2.85. The van der Waals surface area contributed by atoms with Crippen LogP contribution in [0.3, 0.4) is 0 Å². The fourth-order valence-electron chi connectivity index (χ4n) is 2.20. The SMILES string of the molecule is Cc1ccccc1[C@H](C)NCc1cnn(C(C)C)c1. The number of hydrogen-bond acceptors (Lipinski definition) is 2. The molecule has 0 saturated heterocycles. The van der Waals surface area contributed by atoms with Crippen molar-refractivity contribution in [3.63, 3.8) is 0 Å². The molecule has 3 nitrogen and oxygen atoms in total. The zero-order valence-electron chi connectivity index (χ0n) is 12.2. The van der Waals surface area contributed by atoms with Crippen LogP contribution in [0, 0.1) is 6.92 Å². The maximum atomic E-state index is 4.36. The van der Waals surface area contributed by atoms with Gasteiger partial charge in [0.05, 0.1) is 6.20 Å². The summed E-state index contributed by atoms with van der Waals surface area (Å²) in [6.45, 7) is 9.49. The van der Waals surface area contributed by atoms with Crippen LogP contribution >= 0.6 is 0 Å². The van der Waals surface area contributed by atoms with Crippen LogP contribution in [0.2, 0.25) is 0 Å². The van der Waals surface area contributed by atoms with Crippen molar-refractivity contribution in [1.82, 2.24) is 15.1 Å². The lowest BCUT2D eigenvalue weighted by Gasteiger charge is -2.16. The van der Waals surface area contributed by atoms with Gasteiger partial charge < -0.3 is 5.32 Å². The molecule has 1 aromatic carbocycles. The van der Waals surface area contributed by atoms with Crippen LogP contribution < -0.4 is 5.32 Å². The maximum Gasteiger partial charge on any atom is 0.0534 e. The van der Waals surface area contributed by atoms with Gasteiger partial charge in [-0.3, -0.25) is 4.68 Å². The Balaban J connectivity index is 1.96. The number of nitrogens with zero attached hydrogens (tertiary/aromatic N) is 2. The average molecular weight is 257 g/mol. The predicted molar refractivity (Wildman–Crippen MR) is 79.0 cm³/mol. The first kappa shape index (κ1) is 13.8. The minimum Gasteiger partial charge on any atom is -0.306 e. The highest BCUT2D eigenvalue weighted by atomic mass is 15.3. The van der Waals surface area contributed by atoms with E-state index in [-0.39, 0.29) is 0 Å². The topological polar surface area (TPSA) is 29.9 Å². The van der Waals surface area contributed by atoms with Crippen molar-refractivity contribution >= 4 is 0 Å². The van der Waals surface area contributed by atoms with Crippen molar-refractivity contribution in [3.8, 4) is 0 Å². The third kappa shape index (κ3) is 3.44. The summed E-state index contributed by atoms with van der Waals surface area (Å²) in [5.41, 5.74) is 3.92. The molecule has 0 amide bonds. The Morgan fingerprint density at radius 2 is 1.95 bits per heavy atom. The summed E-state index contributed by atoms with van der Waals surface area (Å²) >= 11 is 0. The molecule has 102 valence electrons. The second-order valence-electron chi connectivity index (χ2n) is 5.38. The van der Waals surface area contributed by atoms with Crippen LogP contribution in [0.25, 0.3) is 0 Å². The Labute approximate surface area is 115 Å². The number of aromatic nitrogens is 2. The van der Waals surface area contributed by atoms with E-state index < -0.39 is 0 Å². The highest BCUT2D eigenvalue weighted by Gasteiger charge is 2.08. The molecule has 1 atom stereocenters. The van der Waals surface area contributed by atoms with Crippen LogP contribution in [0.4, 0.5) is 0 Å². The Morgan fingerprint density at radius 1 is 1.21 bits per heavy atom. The van der Waals surface area contributed by atoms with E-state index in [4.69, 9.17) is 0 Å². The molecule has 0 unspecified atom stereocenters. The second kappa shape index (κ2) is 6.02. The zero-order chi connectivity index (χ0) is 13.8. The van der Waals surface area contributed by atoms with Crippen LogP contribution in [-0.4, -0.2) is 9.78 Å². The van der Waals surface area contributed by atoms with Gasteiger partial charge in [-0.05, 0) is 38.8 Å². The Morgan fingerprint density at radius 3 is 2.58 bits per heavy atom. The van der Waals surface area contributed by atoms with Crippen molar-refractivity contribution in [2.45, 2.75) is 46.3 Å². The van der Waals surface area contributed by atoms with Crippen molar-refractivity contribution in [1.29, 1.82) is 0 Å². The molecule has 1 N–H and O–H groups in total. The smallest absolute Gasteiger partial charge is 0.0534 e. The predicted octanol–water partition coefficient (Wildman–Crippen LogP) is 3.62. The Bertz CT molecular complexity index is 528. The van der Waals surface area contributed by atoms with Gasteiger partial charge in [0.25, 0.3) is 0 Å². The third-order valence-electron chi connectivity index (χ3n) is 3.45. The number of hydrogen-bond donors (Lipinski definition) is 1. The molecule has 0 saturated carbocycles. The van der Waals surface area contributed by atoms with Gasteiger partial charge >= 0.3 is 0 Å². The third-order valence-corrected chi connectivity index (χ3v) is 3.45. The lowest BCUT2D eigenvalue weighted by atomic mass is 10.0. The highest BCUT2D eigenvalue weighted by Crippen LogP contribution is 2.17. The molecule has 2 rings (SSSR count). The van der Waals surface area contributed by atoms with E-state index in [0.29, 0.717) is 12.1 Å². The van der Waals surface area contributed by atoms with Crippen molar-refractivity contribution in [2.24, 2.45) is 0 Å². The summed E-state index contributed by atoms with van der Waals surface area (Å²) in [5, 5.41) is 7.92. The Hall–Kier alpha value is -1.61. The molecule has 0 aliphatic carbocycles. The molecule has 1 heterocycles. The minimum atomic E-state index is 0.351. The summed E-state index contributed by atoms with van der Waals surface area (Å²) in [6, 6.07) is 9.29. The van der Waals surface area contributed by atoms with Gasteiger partial charge in [-0.1, -0.05) is 24.3 Å². The van der Waals surface area contributed by atoms with Crippen LogP contribution in [0.15, 0.2) is 36.7 Å². The standard InChI is InChI=1S/C16H23N3/c1-12(2)19-11-15(10-18-19)9-17-14(4)16-8-6-5-7-13(16)3/h5-8,10-12,14,17H,9H2,1-4H3/t14-/m0/s1. The van der Waals surface area contributed by atoms with Crippen molar-refractivity contribution in [3.05, 3.63) is 53.3 Å². The first-order valence-electron chi connectivity index (χ1n) is 6.90. The summed E-state index contributed by atoms with van der Waals surface area (Å²) < 4.78 is 2.00. The number of benzene rings is 1. The van der Waals surface area contributed by atoms with Crippen molar-refractivity contribution in [2.75, 3.05) is 0 Å². The van der Waals surface area contributed by atoms with E-state index in [0.717, 1.165) is 6.54 Å². The summed E-state index contributed by atoms with van der Waals surface area (Å²) in [4.78, 5) is 0. The number of rotatable bonds is 5. The molecule has 3 heteroatoms.